The van der Waals surface area contributed by atoms with E-state index < -0.39 is 0 Å². The molecule has 19 heavy (non-hydrogen) atoms. The first-order chi connectivity index (χ1) is 9.26. The van der Waals surface area contributed by atoms with Crippen molar-refractivity contribution in [1.82, 2.24) is 15.0 Å². The maximum atomic E-state index is 12.0. The normalized spacial score (nSPS) is 13.1. The highest BCUT2D eigenvalue weighted by molar-refractivity contribution is 7.15. The van der Waals surface area contributed by atoms with Crippen LogP contribution in [0.3, 0.4) is 0 Å². The lowest BCUT2D eigenvalue weighted by atomic mass is 10.4. The Bertz CT molecular complexity index is 604. The maximum absolute atomic E-state index is 12.0. The SMILES string of the molecule is NNc1cncc(C(=O)Nc2nc3c(s2)CCC3)n1. The molecule has 2 heterocycles. The summed E-state index contributed by atoms with van der Waals surface area (Å²) in [5.41, 5.74) is 3.65. The van der Waals surface area contributed by atoms with Crippen molar-refractivity contribution < 1.29 is 4.79 Å². The molecule has 8 heteroatoms. The number of thiazole rings is 1. The highest BCUT2D eigenvalue weighted by Gasteiger charge is 2.18. The van der Waals surface area contributed by atoms with Crippen LogP contribution in [0.15, 0.2) is 12.4 Å². The maximum Gasteiger partial charge on any atom is 0.277 e. The van der Waals surface area contributed by atoms with E-state index in [2.05, 4.69) is 25.7 Å². The first-order valence-corrected chi connectivity index (χ1v) is 6.66. The van der Waals surface area contributed by atoms with Crippen LogP contribution in [0, 0.1) is 0 Å². The number of amides is 1. The predicted molar refractivity (Wildman–Crippen MR) is 71.9 cm³/mol. The summed E-state index contributed by atoms with van der Waals surface area (Å²) in [6.45, 7) is 0. The number of aromatic nitrogens is 3. The van der Waals surface area contributed by atoms with Gasteiger partial charge >= 0.3 is 0 Å². The summed E-state index contributed by atoms with van der Waals surface area (Å²) in [6, 6.07) is 0. The second-order valence-electron chi connectivity index (χ2n) is 4.13. The minimum absolute atomic E-state index is 0.200. The molecule has 0 radical (unpaired) electrons. The van der Waals surface area contributed by atoms with Crippen LogP contribution in [-0.4, -0.2) is 20.9 Å². The fraction of sp³-hybridized carbons (Fsp3) is 0.273. The van der Waals surface area contributed by atoms with Gasteiger partial charge in [-0.15, -0.1) is 11.3 Å². The number of fused-ring (bicyclic) bond motifs is 1. The van der Waals surface area contributed by atoms with Crippen LogP contribution in [-0.2, 0) is 12.8 Å². The number of nitrogens with zero attached hydrogens (tertiary/aromatic N) is 3. The fourth-order valence-corrected chi connectivity index (χ4v) is 2.99. The Morgan fingerprint density at radius 1 is 1.32 bits per heavy atom. The average Bonchev–Trinajstić information content (AvgIpc) is 2.99. The number of nitrogen functional groups attached to an aromatic ring is 1. The third-order valence-corrected chi connectivity index (χ3v) is 3.90. The van der Waals surface area contributed by atoms with Crippen molar-refractivity contribution in [1.29, 1.82) is 0 Å². The zero-order valence-electron chi connectivity index (χ0n) is 10.0. The molecule has 7 nitrogen and oxygen atoms in total. The van der Waals surface area contributed by atoms with E-state index in [0.29, 0.717) is 10.9 Å². The molecule has 2 aromatic heterocycles. The number of hydrogen-bond acceptors (Lipinski definition) is 7. The molecule has 0 saturated carbocycles. The van der Waals surface area contributed by atoms with Gasteiger partial charge in [0.05, 0.1) is 18.1 Å². The molecule has 0 aromatic carbocycles. The van der Waals surface area contributed by atoms with Gasteiger partial charge in [0.25, 0.3) is 5.91 Å². The first-order valence-electron chi connectivity index (χ1n) is 5.85. The van der Waals surface area contributed by atoms with Gasteiger partial charge in [-0.1, -0.05) is 0 Å². The molecule has 0 bridgehead atoms. The average molecular weight is 276 g/mol. The van der Waals surface area contributed by atoms with Gasteiger partial charge in [-0.3, -0.25) is 15.1 Å². The van der Waals surface area contributed by atoms with Crippen LogP contribution in [0.2, 0.25) is 0 Å². The van der Waals surface area contributed by atoms with E-state index >= 15 is 0 Å². The van der Waals surface area contributed by atoms with Gasteiger partial charge in [-0.25, -0.2) is 15.8 Å². The zero-order valence-corrected chi connectivity index (χ0v) is 10.8. The van der Waals surface area contributed by atoms with Crippen LogP contribution in [0.1, 0.15) is 27.5 Å². The summed E-state index contributed by atoms with van der Waals surface area (Å²) in [6.07, 6.45) is 6.02. The molecule has 1 aliphatic rings. The number of aryl methyl sites for hydroxylation is 2. The number of nitrogens with two attached hydrogens (primary N) is 1. The molecular weight excluding hydrogens is 264 g/mol. The van der Waals surface area contributed by atoms with Crippen LogP contribution in [0.5, 0.6) is 0 Å². The van der Waals surface area contributed by atoms with Crippen molar-refractivity contribution in [3.63, 3.8) is 0 Å². The van der Waals surface area contributed by atoms with Crippen LogP contribution in [0.25, 0.3) is 0 Å². The number of carbonyl (C=O) groups excluding carboxylic acids is 1. The molecule has 1 aliphatic carbocycles. The van der Waals surface area contributed by atoms with Crippen molar-refractivity contribution in [3.05, 3.63) is 28.7 Å². The molecule has 3 rings (SSSR count). The van der Waals surface area contributed by atoms with E-state index in [1.807, 2.05) is 0 Å². The van der Waals surface area contributed by atoms with Gasteiger partial charge in [0, 0.05) is 4.88 Å². The third-order valence-electron chi connectivity index (χ3n) is 2.83. The van der Waals surface area contributed by atoms with Gasteiger partial charge in [-0.05, 0) is 19.3 Å². The number of hydrogen-bond donors (Lipinski definition) is 3. The molecule has 0 aliphatic heterocycles. The Labute approximate surface area is 113 Å². The van der Waals surface area contributed by atoms with E-state index in [-0.39, 0.29) is 11.6 Å². The Morgan fingerprint density at radius 3 is 3.00 bits per heavy atom. The molecule has 0 spiro atoms. The van der Waals surface area contributed by atoms with Crippen molar-refractivity contribution in [2.45, 2.75) is 19.3 Å². The highest BCUT2D eigenvalue weighted by Crippen LogP contribution is 2.30. The molecule has 0 unspecified atom stereocenters. The molecule has 0 saturated heterocycles. The van der Waals surface area contributed by atoms with E-state index in [0.717, 1.165) is 25.0 Å². The second-order valence-corrected chi connectivity index (χ2v) is 5.21. The number of rotatable bonds is 3. The Kier molecular flexibility index (Phi) is 3.10. The Balaban J connectivity index is 1.76. The monoisotopic (exact) mass is 276 g/mol. The molecule has 0 fully saturated rings. The molecule has 4 N–H and O–H groups in total. The summed E-state index contributed by atoms with van der Waals surface area (Å²) in [5, 5.41) is 3.35. The van der Waals surface area contributed by atoms with Crippen molar-refractivity contribution in [2.24, 2.45) is 5.84 Å². The molecule has 98 valence electrons. The topological polar surface area (TPSA) is 106 Å². The van der Waals surface area contributed by atoms with Crippen molar-refractivity contribution in [3.8, 4) is 0 Å². The van der Waals surface area contributed by atoms with E-state index in [4.69, 9.17) is 5.84 Å². The van der Waals surface area contributed by atoms with Gasteiger partial charge in [0.2, 0.25) is 0 Å². The van der Waals surface area contributed by atoms with Gasteiger partial charge < -0.3 is 5.43 Å². The van der Waals surface area contributed by atoms with Crippen molar-refractivity contribution >= 4 is 28.2 Å². The minimum Gasteiger partial charge on any atom is -0.307 e. The second kappa shape index (κ2) is 4.90. The number of nitrogens with one attached hydrogen (secondary N) is 2. The fourth-order valence-electron chi connectivity index (χ4n) is 1.95. The summed E-state index contributed by atoms with van der Waals surface area (Å²) < 4.78 is 0. The molecule has 1 amide bonds. The first kappa shape index (κ1) is 12.0. The van der Waals surface area contributed by atoms with Crippen molar-refractivity contribution in [2.75, 3.05) is 10.7 Å². The van der Waals surface area contributed by atoms with Crippen LogP contribution >= 0.6 is 11.3 Å². The predicted octanol–water partition coefficient (Wildman–Crippen LogP) is 0.960. The largest absolute Gasteiger partial charge is 0.307 e. The summed E-state index contributed by atoms with van der Waals surface area (Å²) in [5.74, 6) is 5.23. The summed E-state index contributed by atoms with van der Waals surface area (Å²) in [7, 11) is 0. The lowest BCUT2D eigenvalue weighted by molar-refractivity contribution is 0.102. The molecule has 2 aromatic rings. The van der Waals surface area contributed by atoms with E-state index in [1.54, 1.807) is 0 Å². The number of anilines is 2. The smallest absolute Gasteiger partial charge is 0.277 e. The lowest BCUT2D eigenvalue weighted by Crippen LogP contribution is -2.16. The summed E-state index contributed by atoms with van der Waals surface area (Å²) in [4.78, 5) is 25.6. The van der Waals surface area contributed by atoms with Gasteiger partial charge in [0.15, 0.2) is 10.9 Å². The minimum atomic E-state index is -0.336. The zero-order chi connectivity index (χ0) is 13.2. The standard InChI is InChI=1S/C11H12N6OS/c12-17-9-5-13-4-7(14-9)10(18)16-11-15-6-2-1-3-8(6)19-11/h4-5H,1-3,12H2,(H,14,17)(H,15,16,18). The number of hydrazine groups is 1. The quantitative estimate of drug-likeness (QED) is 0.569. The van der Waals surface area contributed by atoms with E-state index in [1.165, 1.54) is 28.6 Å². The summed E-state index contributed by atoms with van der Waals surface area (Å²) >= 11 is 1.52. The van der Waals surface area contributed by atoms with Crippen LogP contribution in [0.4, 0.5) is 10.9 Å². The number of carbonyl (C=O) groups is 1. The lowest BCUT2D eigenvalue weighted by Gasteiger charge is -2.02. The van der Waals surface area contributed by atoms with E-state index in [9.17, 15) is 4.79 Å². The van der Waals surface area contributed by atoms with Crippen LogP contribution < -0.4 is 16.6 Å². The Hall–Kier alpha value is -2.06. The Morgan fingerprint density at radius 2 is 2.21 bits per heavy atom. The highest BCUT2D eigenvalue weighted by atomic mass is 32.1. The molecule has 0 atom stereocenters. The molecular formula is C11H12N6OS. The third kappa shape index (κ3) is 2.40. The van der Waals surface area contributed by atoms with Gasteiger partial charge in [-0.2, -0.15) is 0 Å². The van der Waals surface area contributed by atoms with Gasteiger partial charge in [0.1, 0.15) is 5.69 Å².